The second kappa shape index (κ2) is 9.07. The summed E-state index contributed by atoms with van der Waals surface area (Å²) in [6.07, 6.45) is 8.19. The molecule has 5 N–H and O–H groups in total. The van der Waals surface area contributed by atoms with Crippen LogP contribution in [-0.4, -0.2) is 55.8 Å². The van der Waals surface area contributed by atoms with E-state index in [0.29, 0.717) is 0 Å². The van der Waals surface area contributed by atoms with Crippen LogP contribution >= 0.6 is 0 Å². The molecule has 1 fully saturated rings. The van der Waals surface area contributed by atoms with Crippen LogP contribution in [0.2, 0.25) is 0 Å². The fourth-order valence-electron chi connectivity index (χ4n) is 5.45. The van der Waals surface area contributed by atoms with E-state index in [2.05, 4.69) is 71.3 Å². The Hall–Kier alpha value is -4.57. The summed E-state index contributed by atoms with van der Waals surface area (Å²) in [6, 6.07) is 15.1. The number of rotatable bonds is 4. The summed E-state index contributed by atoms with van der Waals surface area (Å²) < 4.78 is 0. The largest absolute Gasteiger partial charge is 0.368 e. The van der Waals surface area contributed by atoms with Crippen molar-refractivity contribution in [1.82, 2.24) is 30.1 Å². The number of H-pyrrole nitrogens is 1. The van der Waals surface area contributed by atoms with E-state index in [1.54, 1.807) is 12.4 Å². The normalized spacial score (nSPS) is 15.8. The number of nitrogens with one attached hydrogen (secondary N) is 1. The van der Waals surface area contributed by atoms with Gasteiger partial charge in [-0.2, -0.15) is 10.1 Å². The minimum Gasteiger partial charge on any atom is -0.368 e. The van der Waals surface area contributed by atoms with Gasteiger partial charge in [0, 0.05) is 42.9 Å². The molecule has 2 aliphatic rings. The molecule has 1 saturated heterocycles. The van der Waals surface area contributed by atoms with Crippen molar-refractivity contribution >= 4 is 34.2 Å². The van der Waals surface area contributed by atoms with E-state index >= 15 is 0 Å². The molecule has 10 nitrogen and oxygen atoms in total. The van der Waals surface area contributed by atoms with Gasteiger partial charge in [-0.1, -0.05) is 18.2 Å². The minimum absolute atomic E-state index is 0.265. The van der Waals surface area contributed by atoms with Gasteiger partial charge in [0.1, 0.15) is 23.0 Å². The van der Waals surface area contributed by atoms with Crippen molar-refractivity contribution in [3.05, 3.63) is 66.6 Å². The minimum atomic E-state index is 0.265. The topological polar surface area (TPSA) is 139 Å². The molecule has 0 atom stereocenters. The predicted octanol–water partition coefficient (Wildman–Crippen LogP) is 3.68. The molecule has 0 bridgehead atoms. The van der Waals surface area contributed by atoms with Crippen molar-refractivity contribution in [3.8, 4) is 22.5 Å². The van der Waals surface area contributed by atoms with Crippen LogP contribution in [0.15, 0.2) is 61.1 Å². The lowest BCUT2D eigenvalue weighted by atomic mass is 10.00. The number of hydrogen-bond acceptors (Lipinski definition) is 9. The molecule has 0 spiro atoms. The van der Waals surface area contributed by atoms with Gasteiger partial charge in [-0.05, 0) is 60.2 Å². The number of aromatic nitrogens is 6. The van der Waals surface area contributed by atoms with E-state index in [4.69, 9.17) is 16.5 Å². The molecular formula is C28H28N10. The van der Waals surface area contributed by atoms with Crippen molar-refractivity contribution in [3.63, 3.8) is 0 Å². The van der Waals surface area contributed by atoms with Crippen LogP contribution in [0.4, 0.5) is 23.3 Å². The van der Waals surface area contributed by atoms with Crippen molar-refractivity contribution in [2.75, 3.05) is 35.2 Å². The third-order valence-electron chi connectivity index (χ3n) is 7.54. The molecule has 7 rings (SSSR count). The Kier molecular flexibility index (Phi) is 5.40. The summed E-state index contributed by atoms with van der Waals surface area (Å²) in [4.78, 5) is 22.3. The van der Waals surface area contributed by atoms with Gasteiger partial charge in [-0.15, -0.1) is 0 Å². The lowest BCUT2D eigenvalue weighted by Crippen LogP contribution is -2.40. The number of nitrogen functional groups attached to an aromatic ring is 1. The first-order valence-corrected chi connectivity index (χ1v) is 12.9. The smallest absolute Gasteiger partial charge is 0.221 e. The lowest BCUT2D eigenvalue weighted by molar-refractivity contribution is 0.498. The van der Waals surface area contributed by atoms with Crippen molar-refractivity contribution < 1.29 is 0 Å². The molecule has 0 saturated carbocycles. The van der Waals surface area contributed by atoms with Crippen molar-refractivity contribution in [1.29, 1.82) is 0 Å². The van der Waals surface area contributed by atoms with E-state index < -0.39 is 0 Å². The Morgan fingerprint density at radius 3 is 2.61 bits per heavy atom. The molecule has 10 heteroatoms. The summed E-state index contributed by atoms with van der Waals surface area (Å²) >= 11 is 0. The molecule has 190 valence electrons. The number of anilines is 4. The second-order valence-corrected chi connectivity index (χ2v) is 9.94. The van der Waals surface area contributed by atoms with E-state index in [1.807, 2.05) is 12.3 Å². The SMILES string of the molecule is Nc1nccc(N2CCc3ccc(-c4ccc5[nH]nc(-c6cncc(N7CCC(N)CC7)n6)c5c4)cc32)n1. The monoisotopic (exact) mass is 504 g/mol. The molecule has 0 amide bonds. The molecule has 3 aromatic heterocycles. The van der Waals surface area contributed by atoms with Gasteiger partial charge >= 0.3 is 0 Å². The molecule has 5 aromatic rings. The van der Waals surface area contributed by atoms with Crippen LogP contribution in [0.1, 0.15) is 18.4 Å². The number of fused-ring (bicyclic) bond motifs is 2. The number of hydrogen-bond donors (Lipinski definition) is 3. The lowest BCUT2D eigenvalue weighted by Gasteiger charge is -2.30. The molecule has 0 radical (unpaired) electrons. The van der Waals surface area contributed by atoms with Crippen LogP contribution in [0.25, 0.3) is 33.4 Å². The first-order chi connectivity index (χ1) is 18.6. The van der Waals surface area contributed by atoms with Gasteiger partial charge in [-0.3, -0.25) is 10.1 Å². The third-order valence-corrected chi connectivity index (χ3v) is 7.54. The van der Waals surface area contributed by atoms with Crippen LogP contribution in [0.3, 0.4) is 0 Å². The molecule has 0 unspecified atom stereocenters. The Bertz CT molecular complexity index is 1640. The standard InChI is InChI=1S/C28H28N10/c29-20-7-10-37(11-8-20)26-16-31-15-23(33-26)27-21-13-18(3-4-22(21)35-36-27)19-2-1-17-6-12-38(24(17)14-19)25-5-9-32-28(30)34-25/h1-5,9,13-16,20H,6-8,10-12,29H2,(H,35,36)(H2,30,32,34). The van der Waals surface area contributed by atoms with Gasteiger partial charge in [0.15, 0.2) is 0 Å². The average molecular weight is 505 g/mol. The second-order valence-electron chi connectivity index (χ2n) is 9.94. The van der Waals surface area contributed by atoms with E-state index in [-0.39, 0.29) is 12.0 Å². The van der Waals surface area contributed by atoms with Gasteiger partial charge in [0.25, 0.3) is 0 Å². The first-order valence-electron chi connectivity index (χ1n) is 12.9. The fraction of sp³-hybridized carbons (Fsp3) is 0.250. The number of nitrogens with two attached hydrogens (primary N) is 2. The number of nitrogens with zero attached hydrogens (tertiary/aromatic N) is 7. The molecule has 38 heavy (non-hydrogen) atoms. The maximum atomic E-state index is 6.09. The molecule has 0 aliphatic carbocycles. The predicted molar refractivity (Wildman–Crippen MR) is 149 cm³/mol. The first kappa shape index (κ1) is 22.6. The molecule has 2 aromatic carbocycles. The zero-order chi connectivity index (χ0) is 25.6. The summed E-state index contributed by atoms with van der Waals surface area (Å²) in [5.74, 6) is 1.96. The van der Waals surface area contributed by atoms with Crippen molar-refractivity contribution in [2.45, 2.75) is 25.3 Å². The summed E-state index contributed by atoms with van der Waals surface area (Å²) in [7, 11) is 0. The van der Waals surface area contributed by atoms with E-state index in [1.165, 1.54) is 5.56 Å². The van der Waals surface area contributed by atoms with Crippen LogP contribution in [0.5, 0.6) is 0 Å². The maximum absolute atomic E-state index is 6.09. The van der Waals surface area contributed by atoms with Crippen LogP contribution in [-0.2, 0) is 6.42 Å². The maximum Gasteiger partial charge on any atom is 0.221 e. The number of aromatic amines is 1. The summed E-state index contributed by atoms with van der Waals surface area (Å²) in [5, 5.41) is 8.79. The van der Waals surface area contributed by atoms with Crippen LogP contribution in [0, 0.1) is 0 Å². The van der Waals surface area contributed by atoms with E-state index in [0.717, 1.165) is 89.6 Å². The highest BCUT2D eigenvalue weighted by Crippen LogP contribution is 2.38. The molecule has 5 heterocycles. The highest BCUT2D eigenvalue weighted by molar-refractivity contribution is 5.95. The zero-order valence-electron chi connectivity index (χ0n) is 20.9. The Balaban J connectivity index is 1.24. The zero-order valence-corrected chi connectivity index (χ0v) is 20.9. The van der Waals surface area contributed by atoms with Crippen molar-refractivity contribution in [2.24, 2.45) is 5.73 Å². The van der Waals surface area contributed by atoms with Gasteiger partial charge in [0.05, 0.1) is 17.9 Å². The summed E-state index contributed by atoms with van der Waals surface area (Å²) in [5.41, 5.74) is 19.1. The van der Waals surface area contributed by atoms with Gasteiger partial charge in [0.2, 0.25) is 5.95 Å². The van der Waals surface area contributed by atoms with Gasteiger partial charge in [-0.25, -0.2) is 9.97 Å². The average Bonchev–Trinajstić information content (AvgIpc) is 3.57. The highest BCUT2D eigenvalue weighted by atomic mass is 15.2. The molecular weight excluding hydrogens is 476 g/mol. The number of benzene rings is 2. The van der Waals surface area contributed by atoms with Gasteiger partial charge < -0.3 is 21.3 Å². The highest BCUT2D eigenvalue weighted by Gasteiger charge is 2.23. The number of piperidine rings is 1. The quantitative estimate of drug-likeness (QED) is 0.334. The fourth-order valence-corrected chi connectivity index (χ4v) is 5.45. The Morgan fingerprint density at radius 2 is 1.74 bits per heavy atom. The summed E-state index contributed by atoms with van der Waals surface area (Å²) in [6.45, 7) is 2.64. The Labute approximate surface area is 219 Å². The van der Waals surface area contributed by atoms with Crippen LogP contribution < -0.4 is 21.3 Å². The third kappa shape index (κ3) is 3.99. The molecule has 2 aliphatic heterocycles. The Morgan fingerprint density at radius 1 is 0.895 bits per heavy atom. The van der Waals surface area contributed by atoms with E-state index in [9.17, 15) is 0 Å².